The Labute approximate surface area is 137 Å². The molecule has 0 saturated heterocycles. The molecule has 0 spiro atoms. The number of thiophene rings is 1. The van der Waals surface area contributed by atoms with Gasteiger partial charge in [0.05, 0.1) is 14.2 Å². The van der Waals surface area contributed by atoms with Crippen molar-refractivity contribution in [3.63, 3.8) is 0 Å². The average Bonchev–Trinajstić information content (AvgIpc) is 2.68. The van der Waals surface area contributed by atoms with Crippen LogP contribution in [0.3, 0.4) is 0 Å². The molecule has 1 aromatic heterocycles. The van der Waals surface area contributed by atoms with E-state index < -0.39 is 11.7 Å². The van der Waals surface area contributed by atoms with Crippen molar-refractivity contribution in [3.05, 3.63) is 54.6 Å². The lowest BCUT2D eigenvalue weighted by Gasteiger charge is -2.10. The number of hydrogen-bond donors (Lipinski definition) is 0. The van der Waals surface area contributed by atoms with Gasteiger partial charge in [-0.2, -0.15) is 13.2 Å². The summed E-state index contributed by atoms with van der Waals surface area (Å²) < 4.78 is 39.3. The minimum Gasteiger partial charge on any atom is -0.166 e. The van der Waals surface area contributed by atoms with Gasteiger partial charge in [-0.25, -0.2) is 0 Å². The zero-order chi connectivity index (χ0) is 14.2. The van der Waals surface area contributed by atoms with Crippen LogP contribution >= 0.6 is 59.1 Å². The van der Waals surface area contributed by atoms with Crippen molar-refractivity contribution in [2.24, 2.45) is 0 Å². The molecule has 1 atom stereocenters. The highest BCUT2D eigenvalue weighted by molar-refractivity contribution is 9.13. The zero-order valence-corrected chi connectivity index (χ0v) is 14.7. The van der Waals surface area contributed by atoms with Gasteiger partial charge in [0.15, 0.2) is 0 Å². The highest BCUT2D eigenvalue weighted by Gasteiger charge is 2.30. The maximum absolute atomic E-state index is 12.5. The van der Waals surface area contributed by atoms with Gasteiger partial charge in [0, 0.05) is 9.35 Å². The zero-order valence-electron chi connectivity index (χ0n) is 9.14. The average molecular weight is 479 g/mol. The lowest BCUT2D eigenvalue weighted by molar-refractivity contribution is -0.137. The largest absolute Gasteiger partial charge is 0.416 e. The summed E-state index contributed by atoms with van der Waals surface area (Å²) in [5, 5.41) is 0. The van der Waals surface area contributed by atoms with E-state index in [0.29, 0.717) is 0 Å². The number of benzene rings is 1. The van der Waals surface area contributed by atoms with Crippen LogP contribution in [0.5, 0.6) is 0 Å². The smallest absolute Gasteiger partial charge is 0.166 e. The molecule has 2 rings (SSSR count). The first-order valence-corrected chi connectivity index (χ1v) is 8.37. The maximum atomic E-state index is 12.5. The number of halogens is 6. The van der Waals surface area contributed by atoms with Crippen LogP contribution < -0.4 is 0 Å². The van der Waals surface area contributed by atoms with Crippen LogP contribution in [0.4, 0.5) is 13.2 Å². The van der Waals surface area contributed by atoms with Gasteiger partial charge < -0.3 is 0 Å². The fraction of sp³-hybridized carbons (Fsp3) is 0.167. The predicted molar refractivity (Wildman–Crippen MR) is 81.9 cm³/mol. The normalized spacial score (nSPS) is 13.6. The highest BCUT2D eigenvalue weighted by Crippen LogP contribution is 2.41. The Morgan fingerprint density at radius 2 is 1.63 bits per heavy atom. The Morgan fingerprint density at radius 3 is 2.05 bits per heavy atom. The van der Waals surface area contributed by atoms with Crippen LogP contribution in [0.1, 0.15) is 20.8 Å². The van der Waals surface area contributed by atoms with E-state index in [1.165, 1.54) is 23.5 Å². The van der Waals surface area contributed by atoms with E-state index >= 15 is 0 Å². The molecule has 1 aromatic carbocycles. The predicted octanol–water partition coefficient (Wildman–Crippen LogP) is 6.78. The van der Waals surface area contributed by atoms with Gasteiger partial charge in [-0.05, 0) is 55.6 Å². The molecule has 0 aliphatic rings. The van der Waals surface area contributed by atoms with Crippen molar-refractivity contribution in [1.29, 1.82) is 0 Å². The van der Waals surface area contributed by atoms with Gasteiger partial charge in [-0.3, -0.25) is 0 Å². The minimum absolute atomic E-state index is 0.123. The van der Waals surface area contributed by atoms with Gasteiger partial charge in [0.25, 0.3) is 0 Å². The Morgan fingerprint density at radius 1 is 1.05 bits per heavy atom. The van der Waals surface area contributed by atoms with E-state index in [-0.39, 0.29) is 4.83 Å². The molecule has 1 heterocycles. The van der Waals surface area contributed by atoms with Gasteiger partial charge in [-0.15, -0.1) is 11.3 Å². The van der Waals surface area contributed by atoms with Crippen molar-refractivity contribution >= 4 is 59.1 Å². The molecule has 0 amide bonds. The van der Waals surface area contributed by atoms with Gasteiger partial charge in [0.2, 0.25) is 0 Å². The quantitative estimate of drug-likeness (QED) is 0.417. The number of rotatable bonds is 2. The van der Waals surface area contributed by atoms with Crippen LogP contribution in [0.25, 0.3) is 0 Å². The third-order valence-corrected chi connectivity index (χ3v) is 7.09. The summed E-state index contributed by atoms with van der Waals surface area (Å²) in [6.07, 6.45) is -4.30. The Bertz CT molecular complexity index is 555. The molecule has 102 valence electrons. The summed E-state index contributed by atoms with van der Waals surface area (Å²) >= 11 is 11.8. The van der Waals surface area contributed by atoms with E-state index in [9.17, 15) is 13.2 Å². The van der Waals surface area contributed by atoms with Crippen LogP contribution in [0.2, 0.25) is 0 Å². The third kappa shape index (κ3) is 3.62. The molecular formula is C12H6Br3F3S. The molecule has 0 saturated carbocycles. The molecule has 0 fully saturated rings. The molecule has 0 radical (unpaired) electrons. The molecule has 7 heteroatoms. The fourth-order valence-electron chi connectivity index (χ4n) is 1.49. The summed E-state index contributed by atoms with van der Waals surface area (Å²) in [5.74, 6) is 0. The van der Waals surface area contributed by atoms with Gasteiger partial charge >= 0.3 is 6.18 Å². The maximum Gasteiger partial charge on any atom is 0.416 e. The Hall–Kier alpha value is 0.150. The van der Waals surface area contributed by atoms with Crippen molar-refractivity contribution in [1.82, 2.24) is 0 Å². The molecule has 0 aliphatic heterocycles. The van der Waals surface area contributed by atoms with E-state index in [0.717, 1.165) is 30.8 Å². The van der Waals surface area contributed by atoms with Gasteiger partial charge in [-0.1, -0.05) is 28.1 Å². The Balaban J connectivity index is 2.27. The molecule has 0 nitrogen and oxygen atoms in total. The SMILES string of the molecule is FC(F)(F)c1ccc(C(Br)c2cc(Br)c(Br)s2)cc1. The van der Waals surface area contributed by atoms with E-state index in [1.807, 2.05) is 6.07 Å². The molecule has 19 heavy (non-hydrogen) atoms. The first kappa shape index (κ1) is 15.5. The molecule has 0 bridgehead atoms. The fourth-order valence-corrected chi connectivity index (χ4v) is 4.31. The summed E-state index contributed by atoms with van der Waals surface area (Å²) in [7, 11) is 0. The summed E-state index contributed by atoms with van der Waals surface area (Å²) in [6, 6.07) is 7.11. The first-order valence-electron chi connectivity index (χ1n) is 5.05. The lowest BCUT2D eigenvalue weighted by atomic mass is 10.1. The second kappa shape index (κ2) is 5.87. The molecule has 1 unspecified atom stereocenters. The number of alkyl halides is 4. The standard InChI is InChI=1S/C12H6Br3F3S/c13-8-5-9(19-11(8)15)10(14)6-1-3-7(4-2-6)12(16,17)18/h1-5,10H. The molecule has 0 N–H and O–H groups in total. The minimum atomic E-state index is -4.30. The van der Waals surface area contributed by atoms with Crippen molar-refractivity contribution < 1.29 is 13.2 Å². The summed E-state index contributed by atoms with van der Waals surface area (Å²) in [4.78, 5) is 0.890. The van der Waals surface area contributed by atoms with Crippen molar-refractivity contribution in [3.8, 4) is 0 Å². The highest BCUT2D eigenvalue weighted by atomic mass is 79.9. The van der Waals surface area contributed by atoms with Gasteiger partial charge in [0.1, 0.15) is 0 Å². The van der Waals surface area contributed by atoms with Crippen LogP contribution in [0.15, 0.2) is 38.6 Å². The third-order valence-electron chi connectivity index (χ3n) is 2.44. The van der Waals surface area contributed by atoms with Crippen LogP contribution in [-0.2, 0) is 6.18 Å². The Kier molecular flexibility index (Phi) is 4.80. The topological polar surface area (TPSA) is 0 Å². The van der Waals surface area contributed by atoms with Crippen molar-refractivity contribution in [2.75, 3.05) is 0 Å². The molecular weight excluding hydrogens is 473 g/mol. The summed E-state index contributed by atoms with van der Waals surface area (Å²) in [5.41, 5.74) is 0.152. The first-order chi connectivity index (χ1) is 8.79. The van der Waals surface area contributed by atoms with Crippen LogP contribution in [-0.4, -0.2) is 0 Å². The van der Waals surface area contributed by atoms with Crippen molar-refractivity contribution in [2.45, 2.75) is 11.0 Å². The number of hydrogen-bond acceptors (Lipinski definition) is 1. The molecule has 0 aliphatic carbocycles. The summed E-state index contributed by atoms with van der Waals surface area (Å²) in [6.45, 7) is 0. The molecule has 2 aromatic rings. The van der Waals surface area contributed by atoms with E-state index in [4.69, 9.17) is 0 Å². The lowest BCUT2D eigenvalue weighted by Crippen LogP contribution is -2.04. The monoisotopic (exact) mass is 476 g/mol. The second-order valence-electron chi connectivity index (χ2n) is 3.75. The second-order valence-corrected chi connectivity index (χ2v) is 7.92. The van der Waals surface area contributed by atoms with E-state index in [2.05, 4.69) is 47.8 Å². The van der Waals surface area contributed by atoms with E-state index in [1.54, 1.807) is 0 Å². The van der Waals surface area contributed by atoms with Crippen LogP contribution in [0, 0.1) is 0 Å².